The highest BCUT2D eigenvalue weighted by Crippen LogP contribution is 2.37. The highest BCUT2D eigenvalue weighted by Gasteiger charge is 2.45. The third-order valence-corrected chi connectivity index (χ3v) is 5.59. The Labute approximate surface area is 161 Å². The van der Waals surface area contributed by atoms with Gasteiger partial charge in [-0.3, -0.25) is 14.6 Å². The Hall–Kier alpha value is -2.18. The third-order valence-electron chi connectivity index (χ3n) is 5.59. The number of nitrogens with zero attached hydrogens (tertiary/aromatic N) is 3. The van der Waals surface area contributed by atoms with Crippen molar-refractivity contribution >= 4 is 11.6 Å². The Kier molecular flexibility index (Phi) is 6.29. The van der Waals surface area contributed by atoms with Gasteiger partial charge in [0, 0.05) is 63.8 Å². The van der Waals surface area contributed by atoms with Crippen LogP contribution in [0, 0.1) is 0 Å². The molecule has 0 bridgehead atoms. The molecule has 2 atom stereocenters. The standard InChI is InChI=1S/C21H30N4O2/c1-4-20(26)25(19-8-6-5-7-9-19)21(27-3)11-13-24(17(2)14-21)12-10-18-15-22-16-23-18/h5-9,15-17H,4,10-14H2,1-3H3,(H,22,23). The maximum atomic E-state index is 12.9. The minimum atomic E-state index is -0.600. The first-order chi connectivity index (χ1) is 13.1. The van der Waals surface area contributed by atoms with E-state index in [0.717, 1.165) is 43.7 Å². The van der Waals surface area contributed by atoms with Crippen molar-refractivity contribution in [1.82, 2.24) is 14.9 Å². The van der Waals surface area contributed by atoms with Gasteiger partial charge in [0.05, 0.1) is 12.0 Å². The highest BCUT2D eigenvalue weighted by molar-refractivity contribution is 5.94. The Morgan fingerprint density at radius 3 is 2.78 bits per heavy atom. The van der Waals surface area contributed by atoms with Crippen molar-refractivity contribution in [3.63, 3.8) is 0 Å². The molecule has 146 valence electrons. The van der Waals surface area contributed by atoms with Crippen molar-refractivity contribution < 1.29 is 9.53 Å². The molecule has 27 heavy (non-hydrogen) atoms. The van der Waals surface area contributed by atoms with Gasteiger partial charge in [-0.15, -0.1) is 0 Å². The smallest absolute Gasteiger partial charge is 0.229 e. The number of H-pyrrole nitrogens is 1. The molecule has 1 amide bonds. The number of carbonyl (C=O) groups is 1. The quantitative estimate of drug-likeness (QED) is 0.760. The first kappa shape index (κ1) is 19.6. The molecule has 1 aromatic heterocycles. The van der Waals surface area contributed by atoms with Gasteiger partial charge in [-0.2, -0.15) is 0 Å². The zero-order valence-corrected chi connectivity index (χ0v) is 16.5. The number of methoxy groups -OCH3 is 1. The second-order valence-electron chi connectivity index (χ2n) is 7.22. The lowest BCUT2D eigenvalue weighted by Gasteiger charge is -2.50. The Balaban J connectivity index is 1.77. The maximum absolute atomic E-state index is 12.9. The molecule has 2 heterocycles. The van der Waals surface area contributed by atoms with Crippen molar-refractivity contribution in [1.29, 1.82) is 0 Å². The van der Waals surface area contributed by atoms with E-state index in [0.29, 0.717) is 12.5 Å². The summed E-state index contributed by atoms with van der Waals surface area (Å²) < 4.78 is 6.05. The number of imidazole rings is 1. The van der Waals surface area contributed by atoms with Crippen LogP contribution in [-0.2, 0) is 16.0 Å². The topological polar surface area (TPSA) is 61.5 Å². The zero-order chi connectivity index (χ0) is 19.3. The molecule has 0 saturated carbocycles. The van der Waals surface area contributed by atoms with E-state index in [2.05, 4.69) is 21.8 Å². The number of hydrogen-bond acceptors (Lipinski definition) is 4. The zero-order valence-electron chi connectivity index (χ0n) is 16.5. The molecular weight excluding hydrogens is 340 g/mol. The van der Waals surface area contributed by atoms with Gasteiger partial charge in [-0.05, 0) is 19.1 Å². The molecular formula is C21H30N4O2. The maximum Gasteiger partial charge on any atom is 0.229 e. The summed E-state index contributed by atoms with van der Waals surface area (Å²) in [5, 5.41) is 0. The van der Waals surface area contributed by atoms with Crippen molar-refractivity contribution in [2.24, 2.45) is 0 Å². The van der Waals surface area contributed by atoms with Crippen molar-refractivity contribution in [2.45, 2.75) is 51.3 Å². The Morgan fingerprint density at radius 2 is 2.19 bits per heavy atom. The van der Waals surface area contributed by atoms with Crippen LogP contribution in [-0.4, -0.2) is 52.7 Å². The van der Waals surface area contributed by atoms with E-state index in [-0.39, 0.29) is 5.91 Å². The molecule has 1 saturated heterocycles. The lowest BCUT2D eigenvalue weighted by atomic mass is 9.91. The van der Waals surface area contributed by atoms with E-state index in [1.807, 2.05) is 48.4 Å². The lowest BCUT2D eigenvalue weighted by Crippen LogP contribution is -2.61. The fraction of sp³-hybridized carbons (Fsp3) is 0.524. The van der Waals surface area contributed by atoms with E-state index in [9.17, 15) is 4.79 Å². The largest absolute Gasteiger partial charge is 0.358 e. The van der Waals surface area contributed by atoms with Gasteiger partial charge in [0.1, 0.15) is 5.72 Å². The average molecular weight is 370 g/mol. The summed E-state index contributed by atoms with van der Waals surface area (Å²) in [6.07, 6.45) is 6.62. The number of benzene rings is 1. The summed E-state index contributed by atoms with van der Waals surface area (Å²) in [5.74, 6) is 0.0974. The van der Waals surface area contributed by atoms with Gasteiger partial charge < -0.3 is 9.72 Å². The molecule has 2 unspecified atom stereocenters. The van der Waals surface area contributed by atoms with Crippen molar-refractivity contribution in [3.8, 4) is 0 Å². The van der Waals surface area contributed by atoms with E-state index in [1.165, 1.54) is 0 Å². The molecule has 1 aliphatic heterocycles. The second-order valence-corrected chi connectivity index (χ2v) is 7.22. The molecule has 1 aliphatic rings. The van der Waals surface area contributed by atoms with Crippen LogP contribution < -0.4 is 4.90 Å². The van der Waals surface area contributed by atoms with Crippen LogP contribution in [0.3, 0.4) is 0 Å². The first-order valence-electron chi connectivity index (χ1n) is 9.74. The summed E-state index contributed by atoms with van der Waals surface area (Å²) in [6, 6.07) is 10.2. The number of rotatable bonds is 7. The number of piperidine rings is 1. The van der Waals surface area contributed by atoms with Crippen LogP contribution >= 0.6 is 0 Å². The van der Waals surface area contributed by atoms with Gasteiger partial charge in [0.15, 0.2) is 0 Å². The van der Waals surface area contributed by atoms with E-state index >= 15 is 0 Å². The predicted molar refractivity (Wildman–Crippen MR) is 107 cm³/mol. The van der Waals surface area contributed by atoms with Crippen molar-refractivity contribution in [3.05, 3.63) is 48.5 Å². The number of aromatic amines is 1. The van der Waals surface area contributed by atoms with Gasteiger partial charge >= 0.3 is 0 Å². The normalized spacial score (nSPS) is 23.3. The molecule has 3 rings (SSSR count). The van der Waals surface area contributed by atoms with Crippen LogP contribution in [0.2, 0.25) is 0 Å². The molecule has 1 fully saturated rings. The predicted octanol–water partition coefficient (Wildman–Crippen LogP) is 3.22. The van der Waals surface area contributed by atoms with Crippen LogP contribution in [0.4, 0.5) is 5.69 Å². The lowest BCUT2D eigenvalue weighted by molar-refractivity contribution is -0.129. The number of nitrogens with one attached hydrogen (secondary N) is 1. The van der Waals surface area contributed by atoms with Crippen LogP contribution in [0.15, 0.2) is 42.9 Å². The van der Waals surface area contributed by atoms with E-state index in [1.54, 1.807) is 13.4 Å². The number of ether oxygens (including phenoxy) is 1. The summed E-state index contributed by atoms with van der Waals surface area (Å²) >= 11 is 0. The first-order valence-corrected chi connectivity index (χ1v) is 9.74. The minimum absolute atomic E-state index is 0.0974. The number of para-hydroxylation sites is 1. The molecule has 0 radical (unpaired) electrons. The molecule has 0 aliphatic carbocycles. The number of likely N-dealkylation sites (tertiary alicyclic amines) is 1. The third kappa shape index (κ3) is 4.22. The highest BCUT2D eigenvalue weighted by atomic mass is 16.5. The van der Waals surface area contributed by atoms with Gasteiger partial charge in [-0.25, -0.2) is 4.98 Å². The van der Waals surface area contributed by atoms with Crippen LogP contribution in [0.5, 0.6) is 0 Å². The summed E-state index contributed by atoms with van der Waals surface area (Å²) in [6.45, 7) is 5.97. The average Bonchev–Trinajstić information content (AvgIpc) is 3.21. The van der Waals surface area contributed by atoms with Crippen LogP contribution in [0.25, 0.3) is 0 Å². The molecule has 6 heteroatoms. The van der Waals surface area contributed by atoms with Crippen LogP contribution in [0.1, 0.15) is 38.8 Å². The number of hydrogen-bond donors (Lipinski definition) is 1. The molecule has 2 aromatic rings. The molecule has 1 aromatic carbocycles. The number of amides is 1. The molecule has 6 nitrogen and oxygen atoms in total. The number of aromatic nitrogens is 2. The fourth-order valence-corrected chi connectivity index (χ4v) is 4.07. The van der Waals surface area contributed by atoms with E-state index < -0.39 is 5.72 Å². The summed E-state index contributed by atoms with van der Waals surface area (Å²) in [5.41, 5.74) is 1.39. The number of anilines is 1. The Morgan fingerprint density at radius 1 is 1.41 bits per heavy atom. The Bertz CT molecular complexity index is 719. The second kappa shape index (κ2) is 8.67. The van der Waals surface area contributed by atoms with Gasteiger partial charge in [0.2, 0.25) is 5.91 Å². The molecule has 0 spiro atoms. The number of carbonyl (C=O) groups excluding carboxylic acids is 1. The van der Waals surface area contributed by atoms with Crippen molar-refractivity contribution in [2.75, 3.05) is 25.1 Å². The van der Waals surface area contributed by atoms with Gasteiger partial charge in [0.25, 0.3) is 0 Å². The fourth-order valence-electron chi connectivity index (χ4n) is 4.07. The molecule has 1 N–H and O–H groups in total. The summed E-state index contributed by atoms with van der Waals surface area (Å²) in [4.78, 5) is 24.5. The van der Waals surface area contributed by atoms with Gasteiger partial charge in [-0.1, -0.05) is 25.1 Å². The minimum Gasteiger partial charge on any atom is -0.358 e. The summed E-state index contributed by atoms with van der Waals surface area (Å²) in [7, 11) is 1.73. The SMILES string of the molecule is CCC(=O)N(c1ccccc1)C1(OC)CCN(CCc2c[nH]cn2)C(C)C1. The van der Waals surface area contributed by atoms with E-state index in [4.69, 9.17) is 4.74 Å². The monoisotopic (exact) mass is 370 g/mol.